The quantitative estimate of drug-likeness (QED) is 0.0741. The minimum atomic E-state index is -2.14. The number of morpholine rings is 1. The van der Waals surface area contributed by atoms with Gasteiger partial charge in [0.25, 0.3) is 0 Å². The Balaban J connectivity index is 1.27. The molecule has 2 fully saturated rings. The summed E-state index contributed by atoms with van der Waals surface area (Å²) in [7, 11) is 3.09. The minimum absolute atomic E-state index is 0.0801. The molecule has 0 saturated carbocycles. The fourth-order valence-corrected chi connectivity index (χ4v) is 11.5. The van der Waals surface area contributed by atoms with E-state index in [1.54, 1.807) is 54.5 Å². The molecule has 0 bridgehead atoms. The molecule has 6 amide bonds. The van der Waals surface area contributed by atoms with Gasteiger partial charge in [0, 0.05) is 24.2 Å². The lowest BCUT2D eigenvalue weighted by Crippen LogP contribution is -2.57. The lowest BCUT2D eigenvalue weighted by Gasteiger charge is -2.46. The Kier molecular flexibility index (Phi) is 14.0. The average molecular weight is 1010 g/mol. The number of imide groups is 1. The fourth-order valence-electron chi connectivity index (χ4n) is 11.5. The van der Waals surface area contributed by atoms with Gasteiger partial charge in [0.2, 0.25) is 11.8 Å². The third kappa shape index (κ3) is 8.93. The van der Waals surface area contributed by atoms with Crippen molar-refractivity contribution < 1.29 is 48.0 Å². The predicted molar refractivity (Wildman–Crippen MR) is 277 cm³/mol. The molecule has 16 heteroatoms. The molecule has 5 N–H and O–H groups in total. The van der Waals surface area contributed by atoms with Crippen molar-refractivity contribution in [3.8, 4) is 29.1 Å². The van der Waals surface area contributed by atoms with Gasteiger partial charge in [-0.25, -0.2) is 14.5 Å². The summed E-state index contributed by atoms with van der Waals surface area (Å²) in [4.78, 5) is 81.2. The van der Waals surface area contributed by atoms with Crippen molar-refractivity contribution >= 4 is 35.5 Å². The summed E-state index contributed by atoms with van der Waals surface area (Å²) >= 11 is 0. The topological polar surface area (TPSA) is 202 Å². The van der Waals surface area contributed by atoms with Crippen LogP contribution in [0.5, 0.6) is 17.2 Å². The van der Waals surface area contributed by atoms with Gasteiger partial charge < -0.3 is 45.3 Å². The van der Waals surface area contributed by atoms with E-state index < -0.39 is 71.5 Å². The number of aliphatic hydroxyl groups is 1. The number of hydrogen-bond donors (Lipinski definition) is 4. The molecule has 4 heterocycles. The standard InChI is InChI=1S/C59H56N6O10/c1-36(38-17-7-4-8-18-38)62-58(71)64-45-26-25-37(16-15-28-61-57(60)70)32-44(45)59(56(64)69)49(54(67)63-29-27-41-33-47(72-2)48(73-3)34-42(41)35-63)51-55(68)75-52(40-21-11-6-12-22-40)50(39-19-9-5-10-20-39)65(51)53(59)43-23-13-14-24-46(43)74-31-30-66/h4-14,17-26,32-34,36,49-53,66H,27-31,35H2,1-3H3,(H,62,71)(H3,60,61,70)/t36-,49-,50-,51-,52+,53+,59-/m1/s1. The minimum Gasteiger partial charge on any atom is -0.493 e. The summed E-state index contributed by atoms with van der Waals surface area (Å²) in [6.07, 6.45) is -0.572. The number of primary amides is 1. The summed E-state index contributed by atoms with van der Waals surface area (Å²) < 4.78 is 24.4. The number of rotatable bonds is 12. The Morgan fingerprint density at radius 2 is 1.47 bits per heavy atom. The van der Waals surface area contributed by atoms with Crippen LogP contribution in [0.15, 0.2) is 146 Å². The van der Waals surface area contributed by atoms with Crippen molar-refractivity contribution in [3.05, 3.63) is 190 Å². The van der Waals surface area contributed by atoms with Crippen LogP contribution in [-0.2, 0) is 37.5 Å². The maximum atomic E-state index is 17.0. The van der Waals surface area contributed by atoms with Crippen LogP contribution in [-0.4, -0.2) is 91.3 Å². The summed E-state index contributed by atoms with van der Waals surface area (Å²) in [5.74, 6) is 3.65. The number of methoxy groups -OCH3 is 2. The van der Waals surface area contributed by atoms with Gasteiger partial charge >= 0.3 is 18.0 Å². The summed E-state index contributed by atoms with van der Waals surface area (Å²) in [6.45, 7) is 1.51. The molecule has 0 aromatic heterocycles. The van der Waals surface area contributed by atoms with E-state index in [9.17, 15) is 9.90 Å². The molecule has 7 atom stereocenters. The van der Waals surface area contributed by atoms with Crippen molar-refractivity contribution in [1.82, 2.24) is 20.4 Å². The molecule has 16 nitrogen and oxygen atoms in total. The average Bonchev–Trinajstić information content (AvgIpc) is 3.94. The third-order valence-corrected chi connectivity index (χ3v) is 14.7. The van der Waals surface area contributed by atoms with Crippen LogP contribution in [0.1, 0.15) is 75.7 Å². The number of nitrogens with two attached hydrogens (primary N) is 1. The second-order valence-electron chi connectivity index (χ2n) is 18.8. The molecule has 6 aromatic carbocycles. The Morgan fingerprint density at radius 1 is 0.813 bits per heavy atom. The van der Waals surface area contributed by atoms with Crippen LogP contribution in [0.4, 0.5) is 15.3 Å². The smallest absolute Gasteiger partial charge is 0.329 e. The van der Waals surface area contributed by atoms with E-state index in [1.165, 1.54) is 7.11 Å². The third-order valence-electron chi connectivity index (χ3n) is 14.7. The summed E-state index contributed by atoms with van der Waals surface area (Å²) in [5, 5.41) is 15.8. The molecule has 0 aliphatic carbocycles. The van der Waals surface area contributed by atoms with E-state index >= 15 is 19.2 Å². The predicted octanol–water partition coefficient (Wildman–Crippen LogP) is 6.82. The van der Waals surface area contributed by atoms with Crippen molar-refractivity contribution in [2.24, 2.45) is 11.7 Å². The largest absolute Gasteiger partial charge is 0.493 e. The molecule has 4 aliphatic heterocycles. The number of nitrogens with one attached hydrogen (secondary N) is 2. The summed E-state index contributed by atoms with van der Waals surface area (Å²) in [6, 6.07) is 38.2. The molecule has 0 unspecified atom stereocenters. The zero-order chi connectivity index (χ0) is 52.4. The van der Waals surface area contributed by atoms with E-state index in [2.05, 4.69) is 22.5 Å². The number of ether oxygens (including phenoxy) is 4. The number of hydrogen-bond acceptors (Lipinski definition) is 11. The molecule has 75 heavy (non-hydrogen) atoms. The van der Waals surface area contributed by atoms with Gasteiger partial charge in [0.15, 0.2) is 11.5 Å². The van der Waals surface area contributed by atoms with Crippen molar-refractivity contribution in [1.29, 1.82) is 0 Å². The molecule has 382 valence electrons. The number of cyclic esters (lactones) is 1. The van der Waals surface area contributed by atoms with Crippen LogP contribution in [0, 0.1) is 17.8 Å². The number of anilines is 1. The SMILES string of the molecule is COc1cc2c(cc1OC)CN(C(=O)[C@H]1[C@@H]3C(=O)O[C@@H](c4ccccc4)[C@@H](c4ccccc4)N3[C@@H](c3ccccc3OCCO)[C@]13C(=O)N(C(=O)N[C@H](C)c1ccccc1)c1ccc(C#CCNC(N)=O)cc13)CC2. The number of nitrogens with zero attached hydrogens (tertiary/aromatic N) is 3. The first kappa shape index (κ1) is 49.9. The molecule has 2 saturated heterocycles. The first-order valence-electron chi connectivity index (χ1n) is 24.8. The summed E-state index contributed by atoms with van der Waals surface area (Å²) in [5.41, 5.74) is 8.33. The van der Waals surface area contributed by atoms with Crippen molar-refractivity contribution in [2.75, 3.05) is 45.4 Å². The molecule has 6 aromatic rings. The highest BCUT2D eigenvalue weighted by atomic mass is 16.6. The van der Waals surface area contributed by atoms with Crippen molar-refractivity contribution in [2.45, 2.75) is 55.6 Å². The number of carbonyl (C=O) groups excluding carboxylic acids is 5. The fraction of sp³-hybridized carbons (Fsp3) is 0.271. The van der Waals surface area contributed by atoms with Crippen LogP contribution in [0.25, 0.3) is 0 Å². The second-order valence-corrected chi connectivity index (χ2v) is 18.8. The van der Waals surface area contributed by atoms with E-state index in [1.807, 2.05) is 115 Å². The Bertz CT molecular complexity index is 3220. The van der Waals surface area contributed by atoms with Crippen LogP contribution >= 0.6 is 0 Å². The highest BCUT2D eigenvalue weighted by molar-refractivity contribution is 6.25. The zero-order valence-corrected chi connectivity index (χ0v) is 41.6. The lowest BCUT2D eigenvalue weighted by molar-refractivity contribution is -0.179. The Labute approximate surface area is 434 Å². The molecule has 1 spiro atoms. The lowest BCUT2D eigenvalue weighted by atomic mass is 9.64. The van der Waals surface area contributed by atoms with Gasteiger partial charge in [-0.3, -0.25) is 19.3 Å². The monoisotopic (exact) mass is 1010 g/mol. The Hall–Kier alpha value is -8.65. The number of esters is 1. The van der Waals surface area contributed by atoms with Gasteiger partial charge in [-0.1, -0.05) is 121 Å². The number of fused-ring (bicyclic) bond motifs is 4. The number of aliphatic hydroxyl groups excluding tert-OH is 1. The van der Waals surface area contributed by atoms with E-state index in [-0.39, 0.29) is 49.8 Å². The molecular formula is C59H56N6O10. The number of amides is 6. The van der Waals surface area contributed by atoms with Crippen molar-refractivity contribution in [3.63, 3.8) is 0 Å². The maximum absolute atomic E-state index is 17.0. The Morgan fingerprint density at radius 3 is 2.15 bits per heavy atom. The molecule has 0 radical (unpaired) electrons. The van der Waals surface area contributed by atoms with Crippen LogP contribution < -0.4 is 35.5 Å². The van der Waals surface area contributed by atoms with E-state index in [0.29, 0.717) is 34.6 Å². The van der Waals surface area contributed by atoms with Gasteiger partial charge in [0.05, 0.1) is 57.1 Å². The highest BCUT2D eigenvalue weighted by Crippen LogP contribution is 2.67. The number of carbonyl (C=O) groups is 5. The molecular weight excluding hydrogens is 953 g/mol. The number of urea groups is 2. The first-order valence-corrected chi connectivity index (χ1v) is 24.8. The van der Waals surface area contributed by atoms with Crippen LogP contribution in [0.2, 0.25) is 0 Å². The van der Waals surface area contributed by atoms with Crippen LogP contribution in [0.3, 0.4) is 0 Å². The first-order chi connectivity index (χ1) is 36.5. The molecule has 4 aliphatic rings. The van der Waals surface area contributed by atoms with E-state index in [0.717, 1.165) is 27.2 Å². The number of para-hydroxylation sites is 1. The maximum Gasteiger partial charge on any atom is 0.329 e. The van der Waals surface area contributed by atoms with Gasteiger partial charge in [-0.2, -0.15) is 0 Å². The second kappa shape index (κ2) is 21.1. The van der Waals surface area contributed by atoms with Gasteiger partial charge in [0.1, 0.15) is 29.9 Å². The zero-order valence-electron chi connectivity index (χ0n) is 41.6. The molecule has 10 rings (SSSR count). The highest BCUT2D eigenvalue weighted by Gasteiger charge is 2.76. The number of benzene rings is 6. The van der Waals surface area contributed by atoms with Gasteiger partial charge in [-0.15, -0.1) is 0 Å². The normalized spacial score (nSPS) is 21.9. The van der Waals surface area contributed by atoms with E-state index in [4.69, 9.17) is 24.7 Å². The van der Waals surface area contributed by atoms with Gasteiger partial charge in [-0.05, 0) is 83.1 Å².